The van der Waals surface area contributed by atoms with Gasteiger partial charge < -0.3 is 10.3 Å². The quantitative estimate of drug-likeness (QED) is 0.768. The fourth-order valence-electron chi connectivity index (χ4n) is 2.00. The summed E-state index contributed by atoms with van der Waals surface area (Å²) in [7, 11) is 0. The molecule has 0 aliphatic carbocycles. The Labute approximate surface area is 117 Å². The molecule has 0 aliphatic rings. The van der Waals surface area contributed by atoms with Crippen molar-refractivity contribution in [2.75, 3.05) is 5.73 Å². The van der Waals surface area contributed by atoms with E-state index in [-0.39, 0.29) is 17.1 Å². The minimum atomic E-state index is -0.706. The van der Waals surface area contributed by atoms with Gasteiger partial charge in [-0.3, -0.25) is 0 Å². The molecule has 2 heterocycles. The number of aromatic nitrogens is 1. The summed E-state index contributed by atoms with van der Waals surface area (Å²) in [4.78, 5) is 0.749. The predicted octanol–water partition coefficient (Wildman–Crippen LogP) is 4.24. The van der Waals surface area contributed by atoms with Crippen LogP contribution in [-0.4, -0.2) is 5.16 Å². The number of hydrogen-bond acceptors (Lipinski definition) is 4. The molecule has 3 rings (SSSR count). The maximum Gasteiger partial charge on any atom is 0.183 e. The van der Waals surface area contributed by atoms with Crippen molar-refractivity contribution >= 4 is 17.2 Å². The Bertz CT molecular complexity index is 766. The minimum Gasteiger partial charge on any atom is -0.380 e. The van der Waals surface area contributed by atoms with Crippen LogP contribution in [0, 0.1) is 18.6 Å². The highest BCUT2D eigenvalue weighted by Crippen LogP contribution is 2.41. The summed E-state index contributed by atoms with van der Waals surface area (Å²) in [6, 6.07) is 6.19. The molecule has 0 amide bonds. The van der Waals surface area contributed by atoms with Crippen molar-refractivity contribution in [3.05, 3.63) is 46.8 Å². The van der Waals surface area contributed by atoms with Crippen LogP contribution in [0.2, 0.25) is 0 Å². The number of nitrogens with two attached hydrogens (primary N) is 1. The summed E-state index contributed by atoms with van der Waals surface area (Å²) in [5.41, 5.74) is 6.27. The van der Waals surface area contributed by atoms with Crippen LogP contribution in [-0.2, 0) is 0 Å². The van der Waals surface area contributed by atoms with E-state index in [0.717, 1.165) is 4.88 Å². The number of nitrogen functional groups attached to an aromatic ring is 1. The van der Waals surface area contributed by atoms with Gasteiger partial charge in [0.25, 0.3) is 0 Å². The van der Waals surface area contributed by atoms with E-state index in [0.29, 0.717) is 11.1 Å². The molecule has 0 atom stereocenters. The second kappa shape index (κ2) is 4.72. The second-order valence-electron chi connectivity index (χ2n) is 4.30. The van der Waals surface area contributed by atoms with Gasteiger partial charge in [0.15, 0.2) is 11.6 Å². The Morgan fingerprint density at radius 3 is 2.70 bits per heavy atom. The number of hydrogen-bond donors (Lipinski definition) is 1. The van der Waals surface area contributed by atoms with Crippen molar-refractivity contribution in [3.8, 4) is 21.8 Å². The van der Waals surface area contributed by atoms with Gasteiger partial charge in [0.05, 0.1) is 11.1 Å². The molecule has 0 saturated heterocycles. The van der Waals surface area contributed by atoms with Gasteiger partial charge in [0.1, 0.15) is 11.6 Å². The van der Waals surface area contributed by atoms with Gasteiger partial charge in [0, 0.05) is 4.88 Å². The molecule has 1 aromatic carbocycles. The van der Waals surface area contributed by atoms with E-state index in [1.54, 1.807) is 13.0 Å². The van der Waals surface area contributed by atoms with Crippen molar-refractivity contribution in [2.45, 2.75) is 6.92 Å². The zero-order valence-corrected chi connectivity index (χ0v) is 11.3. The Morgan fingerprint density at radius 2 is 2.00 bits per heavy atom. The highest BCUT2D eigenvalue weighted by Gasteiger charge is 2.24. The smallest absolute Gasteiger partial charge is 0.183 e. The van der Waals surface area contributed by atoms with Gasteiger partial charge in [-0.25, -0.2) is 8.78 Å². The summed E-state index contributed by atoms with van der Waals surface area (Å²) in [6.45, 7) is 1.56. The van der Waals surface area contributed by atoms with Crippen molar-refractivity contribution in [1.29, 1.82) is 0 Å². The van der Waals surface area contributed by atoms with Crippen molar-refractivity contribution in [3.63, 3.8) is 0 Å². The number of aryl methyl sites for hydroxylation is 1. The van der Waals surface area contributed by atoms with E-state index in [2.05, 4.69) is 5.16 Å². The first-order valence-corrected chi connectivity index (χ1v) is 6.71. The van der Waals surface area contributed by atoms with Crippen molar-refractivity contribution in [1.82, 2.24) is 5.16 Å². The Hall–Kier alpha value is -2.21. The number of rotatable bonds is 2. The lowest BCUT2D eigenvalue weighted by atomic mass is 10.0. The Morgan fingerprint density at radius 1 is 1.20 bits per heavy atom. The van der Waals surface area contributed by atoms with Gasteiger partial charge in [-0.1, -0.05) is 17.3 Å². The average molecular weight is 292 g/mol. The van der Waals surface area contributed by atoms with Crippen LogP contribution in [0.4, 0.5) is 14.6 Å². The molecule has 2 N–H and O–H groups in total. The molecule has 20 heavy (non-hydrogen) atoms. The Balaban J connectivity index is 2.30. The summed E-state index contributed by atoms with van der Waals surface area (Å²) in [6.07, 6.45) is 0. The van der Waals surface area contributed by atoms with E-state index >= 15 is 0 Å². The molecule has 2 aromatic heterocycles. The first-order chi connectivity index (χ1) is 9.59. The van der Waals surface area contributed by atoms with Crippen LogP contribution in [0.3, 0.4) is 0 Å². The van der Waals surface area contributed by atoms with Crippen LogP contribution in [0.15, 0.2) is 34.2 Å². The molecule has 0 radical (unpaired) electrons. The van der Waals surface area contributed by atoms with Gasteiger partial charge in [-0.2, -0.15) is 0 Å². The zero-order valence-electron chi connectivity index (χ0n) is 10.5. The molecule has 0 spiro atoms. The summed E-state index contributed by atoms with van der Waals surface area (Å²) >= 11 is 1.39. The third-order valence-electron chi connectivity index (χ3n) is 3.00. The molecular formula is C14H10F2N2OS. The van der Waals surface area contributed by atoms with Gasteiger partial charge in [-0.05, 0) is 30.0 Å². The standard InChI is InChI=1S/C14H10F2N2OS/c1-7-4-5-8(15)10(12(7)16)13-11(14(17)18-19-13)9-3-2-6-20-9/h2-6H,1H3,(H2,17,18). The molecule has 0 fully saturated rings. The monoisotopic (exact) mass is 292 g/mol. The van der Waals surface area contributed by atoms with Crippen LogP contribution >= 0.6 is 11.3 Å². The molecule has 3 aromatic rings. The lowest BCUT2D eigenvalue weighted by molar-refractivity contribution is 0.430. The highest BCUT2D eigenvalue weighted by molar-refractivity contribution is 7.13. The van der Waals surface area contributed by atoms with Crippen molar-refractivity contribution in [2.24, 2.45) is 0 Å². The SMILES string of the molecule is Cc1ccc(F)c(-c2onc(N)c2-c2cccs2)c1F. The first-order valence-electron chi connectivity index (χ1n) is 5.83. The van der Waals surface area contributed by atoms with Gasteiger partial charge >= 0.3 is 0 Å². The van der Waals surface area contributed by atoms with Crippen molar-refractivity contribution < 1.29 is 13.3 Å². The van der Waals surface area contributed by atoms with E-state index < -0.39 is 11.6 Å². The van der Waals surface area contributed by atoms with E-state index in [1.807, 2.05) is 11.4 Å². The molecule has 0 bridgehead atoms. The highest BCUT2D eigenvalue weighted by atomic mass is 32.1. The zero-order chi connectivity index (χ0) is 14.3. The summed E-state index contributed by atoms with van der Waals surface area (Å²) in [5.74, 6) is -1.24. The van der Waals surface area contributed by atoms with Crippen LogP contribution in [0.5, 0.6) is 0 Å². The maximum absolute atomic E-state index is 14.2. The lowest BCUT2D eigenvalue weighted by Gasteiger charge is -2.05. The van der Waals surface area contributed by atoms with E-state index in [1.165, 1.54) is 23.5 Å². The van der Waals surface area contributed by atoms with E-state index in [4.69, 9.17) is 10.3 Å². The normalized spacial score (nSPS) is 10.9. The number of thiophene rings is 1. The summed E-state index contributed by atoms with van der Waals surface area (Å²) < 4.78 is 33.3. The topological polar surface area (TPSA) is 52.0 Å². The first kappa shape index (κ1) is 12.8. The lowest BCUT2D eigenvalue weighted by Crippen LogP contribution is -1.94. The number of halogens is 2. The molecule has 6 heteroatoms. The van der Waals surface area contributed by atoms with E-state index in [9.17, 15) is 8.78 Å². The van der Waals surface area contributed by atoms with Crippen LogP contribution in [0.1, 0.15) is 5.56 Å². The number of nitrogens with zero attached hydrogens (tertiary/aromatic N) is 1. The third kappa shape index (κ3) is 1.89. The van der Waals surface area contributed by atoms with Gasteiger partial charge in [0.2, 0.25) is 0 Å². The maximum atomic E-state index is 14.2. The van der Waals surface area contributed by atoms with Crippen LogP contribution in [0.25, 0.3) is 21.8 Å². The molecule has 102 valence electrons. The third-order valence-corrected chi connectivity index (χ3v) is 3.88. The largest absolute Gasteiger partial charge is 0.380 e. The minimum absolute atomic E-state index is 0.0173. The van der Waals surface area contributed by atoms with Crippen LogP contribution < -0.4 is 5.73 Å². The number of benzene rings is 1. The summed E-state index contributed by atoms with van der Waals surface area (Å²) in [5, 5.41) is 5.48. The molecular weight excluding hydrogens is 282 g/mol. The average Bonchev–Trinajstić information content (AvgIpc) is 3.04. The fourth-order valence-corrected chi connectivity index (χ4v) is 2.77. The molecule has 0 saturated carbocycles. The van der Waals surface area contributed by atoms with Gasteiger partial charge in [-0.15, -0.1) is 11.3 Å². The Kier molecular flexibility index (Phi) is 3.02. The molecule has 0 unspecified atom stereocenters. The fraction of sp³-hybridized carbons (Fsp3) is 0.0714. The molecule has 0 aliphatic heterocycles. The molecule has 3 nitrogen and oxygen atoms in total. The second-order valence-corrected chi connectivity index (χ2v) is 5.25. The number of anilines is 1. The predicted molar refractivity (Wildman–Crippen MR) is 74.3 cm³/mol.